The van der Waals surface area contributed by atoms with Crippen LogP contribution < -0.4 is 0 Å². The van der Waals surface area contributed by atoms with E-state index >= 15 is 0 Å². The molecule has 0 unspecified atom stereocenters. The lowest BCUT2D eigenvalue weighted by Crippen LogP contribution is -2.29. The number of aliphatic hydroxyl groups excluding tert-OH is 1. The molecule has 14 heavy (non-hydrogen) atoms. The topological polar surface area (TPSA) is 46.5 Å². The SMILES string of the molecule is CC(C)(C)OC(=O)[C@H]1CS[C@@H](CO)C1. The van der Waals surface area contributed by atoms with Crippen LogP contribution in [-0.2, 0) is 9.53 Å². The molecule has 2 atom stereocenters. The quantitative estimate of drug-likeness (QED) is 0.712. The minimum absolute atomic E-state index is 0.0311. The van der Waals surface area contributed by atoms with Gasteiger partial charge in [0.1, 0.15) is 5.60 Å². The number of carbonyl (C=O) groups is 1. The molecule has 0 aromatic heterocycles. The van der Waals surface area contributed by atoms with Crippen molar-refractivity contribution in [1.29, 1.82) is 0 Å². The molecule has 0 bridgehead atoms. The van der Waals surface area contributed by atoms with Crippen LogP contribution in [0.2, 0.25) is 0 Å². The zero-order valence-corrected chi connectivity index (χ0v) is 9.76. The largest absolute Gasteiger partial charge is 0.460 e. The summed E-state index contributed by atoms with van der Waals surface area (Å²) < 4.78 is 5.28. The lowest BCUT2D eigenvalue weighted by atomic mass is 10.1. The van der Waals surface area contributed by atoms with Crippen LogP contribution in [0.5, 0.6) is 0 Å². The van der Waals surface area contributed by atoms with Crippen LogP contribution in [-0.4, -0.2) is 34.3 Å². The van der Waals surface area contributed by atoms with Crippen LogP contribution in [0.15, 0.2) is 0 Å². The van der Waals surface area contributed by atoms with E-state index in [2.05, 4.69) is 0 Å². The molecule has 1 aliphatic heterocycles. The monoisotopic (exact) mass is 218 g/mol. The van der Waals surface area contributed by atoms with Crippen molar-refractivity contribution in [3.8, 4) is 0 Å². The molecule has 1 rings (SSSR count). The second kappa shape index (κ2) is 4.53. The maximum Gasteiger partial charge on any atom is 0.310 e. The smallest absolute Gasteiger partial charge is 0.310 e. The molecular formula is C10H18O3S. The number of thioether (sulfide) groups is 1. The van der Waals surface area contributed by atoms with Gasteiger partial charge in [-0.1, -0.05) is 0 Å². The predicted molar refractivity (Wildman–Crippen MR) is 57.3 cm³/mol. The highest BCUT2D eigenvalue weighted by Gasteiger charge is 2.33. The molecule has 1 heterocycles. The van der Waals surface area contributed by atoms with Gasteiger partial charge in [0.25, 0.3) is 0 Å². The van der Waals surface area contributed by atoms with E-state index in [9.17, 15) is 4.79 Å². The number of rotatable bonds is 2. The van der Waals surface area contributed by atoms with Gasteiger partial charge in [0.15, 0.2) is 0 Å². The first kappa shape index (κ1) is 11.9. The van der Waals surface area contributed by atoms with Crippen LogP contribution in [0, 0.1) is 5.92 Å². The van der Waals surface area contributed by atoms with E-state index in [0.29, 0.717) is 0 Å². The van der Waals surface area contributed by atoms with Crippen molar-refractivity contribution >= 4 is 17.7 Å². The van der Waals surface area contributed by atoms with E-state index in [1.54, 1.807) is 11.8 Å². The Labute approximate surface area is 89.2 Å². The van der Waals surface area contributed by atoms with Crippen molar-refractivity contribution < 1.29 is 14.6 Å². The third-order valence-corrected chi connectivity index (χ3v) is 3.43. The zero-order valence-electron chi connectivity index (χ0n) is 8.95. The van der Waals surface area contributed by atoms with Crippen LogP contribution in [0.1, 0.15) is 27.2 Å². The van der Waals surface area contributed by atoms with Gasteiger partial charge in [0.05, 0.1) is 12.5 Å². The maximum absolute atomic E-state index is 11.6. The van der Waals surface area contributed by atoms with E-state index in [-0.39, 0.29) is 23.7 Å². The summed E-state index contributed by atoms with van der Waals surface area (Å²) in [6.07, 6.45) is 0.746. The van der Waals surface area contributed by atoms with Gasteiger partial charge in [-0.25, -0.2) is 0 Å². The minimum atomic E-state index is -0.404. The highest BCUT2D eigenvalue weighted by Crippen LogP contribution is 2.32. The summed E-state index contributed by atoms with van der Waals surface area (Å²) in [6, 6.07) is 0. The second-order valence-corrected chi connectivity index (χ2v) is 5.94. The molecule has 1 fully saturated rings. The first-order valence-electron chi connectivity index (χ1n) is 4.87. The van der Waals surface area contributed by atoms with Crippen LogP contribution in [0.25, 0.3) is 0 Å². The van der Waals surface area contributed by atoms with Crippen LogP contribution in [0.4, 0.5) is 0 Å². The Kier molecular flexibility index (Phi) is 3.84. The van der Waals surface area contributed by atoms with E-state index in [0.717, 1.165) is 12.2 Å². The Balaban J connectivity index is 2.40. The normalized spacial score (nSPS) is 27.7. The zero-order chi connectivity index (χ0) is 10.8. The van der Waals surface area contributed by atoms with E-state index in [1.807, 2.05) is 20.8 Å². The van der Waals surface area contributed by atoms with Crippen molar-refractivity contribution in [1.82, 2.24) is 0 Å². The molecule has 1 aliphatic rings. The number of ether oxygens (including phenoxy) is 1. The van der Waals surface area contributed by atoms with Gasteiger partial charge in [-0.3, -0.25) is 4.79 Å². The van der Waals surface area contributed by atoms with Gasteiger partial charge in [-0.05, 0) is 27.2 Å². The third-order valence-electron chi connectivity index (χ3n) is 2.02. The number of aliphatic hydroxyl groups is 1. The molecule has 82 valence electrons. The number of carbonyl (C=O) groups excluding carboxylic acids is 1. The molecule has 0 amide bonds. The Morgan fingerprint density at radius 2 is 2.21 bits per heavy atom. The van der Waals surface area contributed by atoms with Gasteiger partial charge in [-0.2, -0.15) is 11.8 Å². The van der Waals surface area contributed by atoms with Gasteiger partial charge in [0.2, 0.25) is 0 Å². The fourth-order valence-corrected chi connectivity index (χ4v) is 2.63. The third kappa shape index (κ3) is 3.50. The standard InChI is InChI=1S/C10H18O3S/c1-10(2,3)13-9(12)7-4-8(5-11)14-6-7/h7-8,11H,4-6H2,1-3H3/t7-,8-/m1/s1. The molecule has 0 radical (unpaired) electrons. The lowest BCUT2D eigenvalue weighted by molar-refractivity contribution is -0.159. The molecule has 0 aromatic rings. The van der Waals surface area contributed by atoms with Gasteiger partial charge < -0.3 is 9.84 Å². The predicted octanol–water partition coefficient (Wildman–Crippen LogP) is 1.44. The lowest BCUT2D eigenvalue weighted by Gasteiger charge is -2.21. The summed E-state index contributed by atoms with van der Waals surface area (Å²) in [5.41, 5.74) is -0.404. The number of hydrogen-bond acceptors (Lipinski definition) is 4. The summed E-state index contributed by atoms with van der Waals surface area (Å²) in [5.74, 6) is 0.623. The fourth-order valence-electron chi connectivity index (χ4n) is 1.38. The average molecular weight is 218 g/mol. The first-order chi connectivity index (χ1) is 6.42. The Morgan fingerprint density at radius 3 is 2.64 bits per heavy atom. The summed E-state index contributed by atoms with van der Waals surface area (Å²) in [4.78, 5) is 11.6. The van der Waals surface area contributed by atoms with Crippen LogP contribution >= 0.6 is 11.8 Å². The van der Waals surface area contributed by atoms with Crippen molar-refractivity contribution in [2.45, 2.75) is 38.0 Å². The summed E-state index contributed by atoms with van der Waals surface area (Å²) in [7, 11) is 0. The van der Waals surface area contributed by atoms with Crippen molar-refractivity contribution in [3.05, 3.63) is 0 Å². The second-order valence-electron chi connectivity index (χ2n) is 4.60. The van der Waals surface area contributed by atoms with E-state index in [1.165, 1.54) is 0 Å². The van der Waals surface area contributed by atoms with Gasteiger partial charge in [0, 0.05) is 11.0 Å². The summed E-state index contributed by atoms with van der Waals surface area (Å²) >= 11 is 1.65. The summed E-state index contributed by atoms with van der Waals surface area (Å²) in [5, 5.41) is 9.14. The first-order valence-corrected chi connectivity index (χ1v) is 5.92. The Morgan fingerprint density at radius 1 is 1.57 bits per heavy atom. The van der Waals surface area contributed by atoms with Gasteiger partial charge >= 0.3 is 5.97 Å². The molecule has 0 spiro atoms. The number of hydrogen-bond donors (Lipinski definition) is 1. The van der Waals surface area contributed by atoms with Crippen molar-refractivity contribution in [2.75, 3.05) is 12.4 Å². The molecule has 1 N–H and O–H groups in total. The highest BCUT2D eigenvalue weighted by molar-refractivity contribution is 8.00. The van der Waals surface area contributed by atoms with Gasteiger partial charge in [-0.15, -0.1) is 0 Å². The van der Waals surface area contributed by atoms with Crippen molar-refractivity contribution in [2.24, 2.45) is 5.92 Å². The molecule has 0 saturated carbocycles. The maximum atomic E-state index is 11.6. The molecular weight excluding hydrogens is 200 g/mol. The van der Waals surface area contributed by atoms with Crippen molar-refractivity contribution in [3.63, 3.8) is 0 Å². The molecule has 0 aromatic carbocycles. The van der Waals surface area contributed by atoms with E-state index in [4.69, 9.17) is 9.84 Å². The van der Waals surface area contributed by atoms with E-state index < -0.39 is 5.60 Å². The van der Waals surface area contributed by atoms with Crippen LogP contribution in [0.3, 0.4) is 0 Å². The highest BCUT2D eigenvalue weighted by atomic mass is 32.2. The molecule has 3 nitrogen and oxygen atoms in total. The molecule has 4 heteroatoms. The minimum Gasteiger partial charge on any atom is -0.460 e. The average Bonchev–Trinajstić information content (AvgIpc) is 2.48. The Hall–Kier alpha value is -0.220. The number of esters is 1. The summed E-state index contributed by atoms with van der Waals surface area (Å²) in [6.45, 7) is 5.77. The fraction of sp³-hybridized carbons (Fsp3) is 0.900. The molecule has 0 aliphatic carbocycles. The Bertz CT molecular complexity index is 210. The molecule has 1 saturated heterocycles.